The van der Waals surface area contributed by atoms with Gasteiger partial charge in [0.1, 0.15) is 18.1 Å². The number of aliphatic hydroxyl groups is 2. The Kier molecular flexibility index (Phi) is 3.51. The lowest BCUT2D eigenvalue weighted by atomic mass is 10.2. The zero-order valence-corrected chi connectivity index (χ0v) is 9.89. The first-order valence-corrected chi connectivity index (χ1v) is 5.57. The second-order valence-electron chi connectivity index (χ2n) is 4.21. The van der Waals surface area contributed by atoms with Crippen LogP contribution in [0.1, 0.15) is 23.0 Å². The molecule has 1 saturated heterocycles. The van der Waals surface area contributed by atoms with Crippen LogP contribution >= 0.6 is 0 Å². The summed E-state index contributed by atoms with van der Waals surface area (Å²) in [5.74, 6) is -1.08. The van der Waals surface area contributed by atoms with Crippen molar-refractivity contribution in [2.24, 2.45) is 5.73 Å². The van der Waals surface area contributed by atoms with Crippen molar-refractivity contribution in [1.29, 1.82) is 0 Å². The van der Waals surface area contributed by atoms with Gasteiger partial charge in [0.2, 0.25) is 0 Å². The molecule has 0 bridgehead atoms. The Hall–Kier alpha value is -1.97. The molecule has 1 amide bonds. The zero-order chi connectivity index (χ0) is 14.2. The van der Waals surface area contributed by atoms with Gasteiger partial charge in [-0.1, -0.05) is 0 Å². The number of nitrogens with two attached hydrogens (primary N) is 2. The number of rotatable bonds is 3. The van der Waals surface area contributed by atoms with Crippen LogP contribution in [0, 0.1) is 0 Å². The minimum absolute atomic E-state index is 0.0922. The van der Waals surface area contributed by atoms with Gasteiger partial charge in [0, 0.05) is 12.6 Å². The maximum absolute atomic E-state index is 11.7. The normalized spacial score (nSPS) is 26.5. The molecule has 1 aromatic heterocycles. The molecule has 1 aliphatic heterocycles. The van der Waals surface area contributed by atoms with Crippen molar-refractivity contribution < 1.29 is 19.7 Å². The van der Waals surface area contributed by atoms with E-state index in [0.717, 1.165) is 10.8 Å². The monoisotopic (exact) mass is 270 g/mol. The predicted octanol–water partition coefficient (Wildman–Crippen LogP) is -2.43. The molecule has 1 aromatic rings. The van der Waals surface area contributed by atoms with Crippen molar-refractivity contribution in [1.82, 2.24) is 9.55 Å². The van der Waals surface area contributed by atoms with Gasteiger partial charge >= 0.3 is 5.69 Å². The van der Waals surface area contributed by atoms with E-state index in [0.29, 0.717) is 0 Å². The van der Waals surface area contributed by atoms with Crippen molar-refractivity contribution in [2.75, 3.05) is 12.3 Å². The van der Waals surface area contributed by atoms with Gasteiger partial charge < -0.3 is 26.4 Å². The molecule has 0 radical (unpaired) electrons. The Morgan fingerprint density at radius 2 is 2.32 bits per heavy atom. The minimum Gasteiger partial charge on any atom is -0.394 e. The van der Waals surface area contributed by atoms with E-state index in [1.807, 2.05) is 0 Å². The number of ether oxygens (including phenoxy) is 1. The van der Waals surface area contributed by atoms with Gasteiger partial charge in [-0.15, -0.1) is 0 Å². The average molecular weight is 270 g/mol. The van der Waals surface area contributed by atoms with Crippen molar-refractivity contribution >= 4 is 11.7 Å². The van der Waals surface area contributed by atoms with Gasteiger partial charge in [-0.05, 0) is 0 Å². The van der Waals surface area contributed by atoms with E-state index in [2.05, 4.69) is 4.98 Å². The Morgan fingerprint density at radius 3 is 2.84 bits per heavy atom. The Bertz CT molecular complexity index is 557. The maximum atomic E-state index is 11.7. The van der Waals surface area contributed by atoms with Crippen molar-refractivity contribution in [3.63, 3.8) is 0 Å². The molecule has 104 valence electrons. The SMILES string of the molecule is NC(=O)c1cn([C@H]2C[C@H](O)[C@@H](CO)O2)c(=O)nc1N. The second kappa shape index (κ2) is 4.96. The fourth-order valence-corrected chi connectivity index (χ4v) is 1.93. The van der Waals surface area contributed by atoms with E-state index in [9.17, 15) is 14.7 Å². The van der Waals surface area contributed by atoms with Crippen LogP contribution in [0.5, 0.6) is 0 Å². The Balaban J connectivity index is 2.38. The summed E-state index contributed by atoms with van der Waals surface area (Å²) in [4.78, 5) is 26.3. The van der Waals surface area contributed by atoms with Crippen LogP contribution in [-0.4, -0.2) is 44.5 Å². The van der Waals surface area contributed by atoms with Crippen molar-refractivity contribution in [3.8, 4) is 0 Å². The topological polar surface area (TPSA) is 154 Å². The summed E-state index contributed by atoms with van der Waals surface area (Å²) in [7, 11) is 0. The fourth-order valence-electron chi connectivity index (χ4n) is 1.93. The molecular weight excluding hydrogens is 256 g/mol. The molecule has 0 aliphatic carbocycles. The molecule has 0 saturated carbocycles. The largest absolute Gasteiger partial charge is 0.394 e. The number of carbonyl (C=O) groups is 1. The molecule has 1 aliphatic rings. The number of hydrogen-bond acceptors (Lipinski definition) is 7. The molecule has 19 heavy (non-hydrogen) atoms. The first-order chi connectivity index (χ1) is 8.93. The molecule has 0 aromatic carbocycles. The highest BCUT2D eigenvalue weighted by atomic mass is 16.5. The molecule has 9 heteroatoms. The molecular formula is C10H14N4O5. The third-order valence-corrected chi connectivity index (χ3v) is 2.94. The first-order valence-electron chi connectivity index (χ1n) is 5.57. The predicted molar refractivity (Wildman–Crippen MR) is 63.0 cm³/mol. The Labute approximate surface area is 107 Å². The summed E-state index contributed by atoms with van der Waals surface area (Å²) in [5, 5.41) is 18.6. The number of primary amides is 1. The molecule has 2 heterocycles. The van der Waals surface area contributed by atoms with Crippen molar-refractivity contribution in [2.45, 2.75) is 24.9 Å². The van der Waals surface area contributed by atoms with E-state index < -0.39 is 30.0 Å². The fraction of sp³-hybridized carbons (Fsp3) is 0.500. The summed E-state index contributed by atoms with van der Waals surface area (Å²) in [6, 6.07) is 0. The maximum Gasteiger partial charge on any atom is 0.351 e. The van der Waals surface area contributed by atoms with E-state index in [1.54, 1.807) is 0 Å². The molecule has 2 rings (SSSR count). The van der Waals surface area contributed by atoms with Gasteiger partial charge in [-0.25, -0.2) is 4.79 Å². The number of aromatic nitrogens is 2. The molecule has 6 N–H and O–H groups in total. The third-order valence-electron chi connectivity index (χ3n) is 2.94. The van der Waals surface area contributed by atoms with Crippen LogP contribution in [0.4, 0.5) is 5.82 Å². The van der Waals surface area contributed by atoms with Gasteiger partial charge in [0.25, 0.3) is 5.91 Å². The Morgan fingerprint density at radius 1 is 1.63 bits per heavy atom. The van der Waals surface area contributed by atoms with E-state index in [-0.39, 0.29) is 24.4 Å². The summed E-state index contributed by atoms with van der Waals surface area (Å²) >= 11 is 0. The number of aliphatic hydroxyl groups excluding tert-OH is 2. The third kappa shape index (κ3) is 2.43. The minimum atomic E-state index is -0.906. The highest BCUT2D eigenvalue weighted by molar-refractivity contribution is 5.96. The number of nitrogens with zero attached hydrogens (tertiary/aromatic N) is 2. The molecule has 9 nitrogen and oxygen atoms in total. The summed E-state index contributed by atoms with van der Waals surface area (Å²) in [5.41, 5.74) is 9.69. The highest BCUT2D eigenvalue weighted by Gasteiger charge is 2.35. The van der Waals surface area contributed by atoms with Crippen LogP contribution in [0.2, 0.25) is 0 Å². The summed E-state index contributed by atoms with van der Waals surface area (Å²) in [6.45, 7) is -0.377. The van der Waals surface area contributed by atoms with Crippen LogP contribution in [-0.2, 0) is 4.74 Å². The highest BCUT2D eigenvalue weighted by Crippen LogP contribution is 2.27. The number of hydrogen-bond donors (Lipinski definition) is 4. The van der Waals surface area contributed by atoms with E-state index >= 15 is 0 Å². The number of anilines is 1. The molecule has 1 fully saturated rings. The molecule has 0 spiro atoms. The summed E-state index contributed by atoms with van der Waals surface area (Å²) < 4.78 is 6.32. The molecule has 0 unspecified atom stereocenters. The van der Waals surface area contributed by atoms with Crippen LogP contribution < -0.4 is 17.2 Å². The first kappa shape index (κ1) is 13.5. The lowest BCUT2D eigenvalue weighted by Crippen LogP contribution is -2.31. The van der Waals surface area contributed by atoms with E-state index in [4.69, 9.17) is 21.3 Å². The van der Waals surface area contributed by atoms with Gasteiger partial charge in [-0.2, -0.15) is 4.98 Å². The number of nitrogen functional groups attached to an aromatic ring is 1. The second-order valence-corrected chi connectivity index (χ2v) is 4.21. The quantitative estimate of drug-likeness (QED) is 0.476. The van der Waals surface area contributed by atoms with Gasteiger partial charge in [-0.3, -0.25) is 9.36 Å². The lowest BCUT2D eigenvalue weighted by Gasteiger charge is -2.15. The standard InChI is InChI=1S/C10H14N4O5/c11-8-4(9(12)17)2-14(10(18)13-8)7-1-5(16)6(3-15)19-7/h2,5-7,15-16H,1,3H2,(H2,12,17)(H2,11,13,18)/t5-,6+,7+/m0/s1. The van der Waals surface area contributed by atoms with Crippen molar-refractivity contribution in [3.05, 3.63) is 22.2 Å². The van der Waals surface area contributed by atoms with Gasteiger partial charge in [0.15, 0.2) is 0 Å². The smallest absolute Gasteiger partial charge is 0.351 e. The average Bonchev–Trinajstić information content (AvgIpc) is 2.69. The van der Waals surface area contributed by atoms with Crippen LogP contribution in [0.15, 0.2) is 11.0 Å². The van der Waals surface area contributed by atoms with Gasteiger partial charge in [0.05, 0.1) is 18.3 Å². The van der Waals surface area contributed by atoms with E-state index in [1.165, 1.54) is 0 Å². The zero-order valence-electron chi connectivity index (χ0n) is 9.89. The van der Waals surface area contributed by atoms with Crippen LogP contribution in [0.3, 0.4) is 0 Å². The summed E-state index contributed by atoms with van der Waals surface area (Å²) in [6.07, 6.45) is -1.28. The molecule has 3 atom stereocenters. The number of amides is 1. The lowest BCUT2D eigenvalue weighted by molar-refractivity contribution is -0.0459. The number of carbonyl (C=O) groups excluding carboxylic acids is 1. The van der Waals surface area contributed by atoms with Crippen LogP contribution in [0.25, 0.3) is 0 Å².